The van der Waals surface area contributed by atoms with E-state index < -0.39 is 0 Å². The first-order valence-electron chi connectivity index (χ1n) is 8.41. The molecule has 0 saturated carbocycles. The molecule has 1 aliphatic heterocycles. The molecule has 1 N–H and O–H groups in total. The number of hydrogen-bond donors (Lipinski definition) is 1. The van der Waals surface area contributed by atoms with Crippen molar-refractivity contribution in [3.05, 3.63) is 75.9 Å². The number of fused-ring (bicyclic) bond motifs is 2. The Morgan fingerprint density at radius 3 is 2.60 bits per heavy atom. The molecule has 0 fully saturated rings. The zero-order valence-corrected chi connectivity index (χ0v) is 15.7. The maximum atomic E-state index is 5.00. The SMILES string of the molecule is Ic1ccc(-n2nc(-c3cccc4ccccc34)c3c2NCC3)cc1. The summed E-state index contributed by atoms with van der Waals surface area (Å²) in [5.41, 5.74) is 4.71. The van der Waals surface area contributed by atoms with Gasteiger partial charge in [0.15, 0.2) is 0 Å². The molecule has 0 spiro atoms. The van der Waals surface area contributed by atoms with Gasteiger partial charge in [0.25, 0.3) is 0 Å². The summed E-state index contributed by atoms with van der Waals surface area (Å²) in [6, 6.07) is 23.5. The Labute approximate surface area is 159 Å². The fraction of sp³-hybridized carbons (Fsp3) is 0.0952. The molecule has 2 heterocycles. The Balaban J connectivity index is 1.75. The molecule has 5 rings (SSSR count). The average Bonchev–Trinajstić information content (AvgIpc) is 3.25. The normalized spacial score (nSPS) is 13.0. The lowest BCUT2D eigenvalue weighted by Crippen LogP contribution is -2.04. The minimum absolute atomic E-state index is 0.968. The van der Waals surface area contributed by atoms with Gasteiger partial charge in [0.2, 0.25) is 0 Å². The minimum atomic E-state index is 0.968. The summed E-state index contributed by atoms with van der Waals surface area (Å²) in [4.78, 5) is 0. The summed E-state index contributed by atoms with van der Waals surface area (Å²) in [6.07, 6.45) is 1.01. The van der Waals surface area contributed by atoms with Crippen LogP contribution in [0.1, 0.15) is 5.56 Å². The molecular weight excluding hydrogens is 421 g/mol. The van der Waals surface area contributed by atoms with Crippen molar-refractivity contribution in [2.45, 2.75) is 6.42 Å². The Bertz CT molecular complexity index is 1070. The highest BCUT2D eigenvalue weighted by Gasteiger charge is 2.24. The Morgan fingerprint density at radius 1 is 0.920 bits per heavy atom. The molecule has 0 radical (unpaired) electrons. The zero-order valence-electron chi connectivity index (χ0n) is 13.5. The largest absolute Gasteiger partial charge is 0.369 e. The standard InChI is InChI=1S/C21H16IN3/c22-15-8-10-16(11-9-15)25-21-19(12-13-23-21)20(24-25)18-7-3-5-14-4-1-2-6-17(14)18/h1-11,23H,12-13H2. The van der Waals surface area contributed by atoms with E-state index in [1.165, 1.54) is 25.5 Å². The van der Waals surface area contributed by atoms with Crippen molar-refractivity contribution >= 4 is 39.2 Å². The highest BCUT2D eigenvalue weighted by atomic mass is 127. The number of hydrogen-bond acceptors (Lipinski definition) is 2. The second kappa shape index (κ2) is 5.88. The van der Waals surface area contributed by atoms with Gasteiger partial charge >= 0.3 is 0 Å². The van der Waals surface area contributed by atoms with Crippen LogP contribution < -0.4 is 5.32 Å². The van der Waals surface area contributed by atoms with Crippen molar-refractivity contribution in [2.75, 3.05) is 11.9 Å². The molecule has 0 amide bonds. The molecule has 4 aromatic rings. The lowest BCUT2D eigenvalue weighted by molar-refractivity contribution is 0.882. The Hall–Kier alpha value is -2.34. The van der Waals surface area contributed by atoms with E-state index in [1.807, 2.05) is 0 Å². The van der Waals surface area contributed by atoms with Crippen molar-refractivity contribution in [3.8, 4) is 16.9 Å². The van der Waals surface area contributed by atoms with Crippen molar-refractivity contribution in [3.63, 3.8) is 0 Å². The number of rotatable bonds is 2. The molecule has 122 valence electrons. The van der Waals surface area contributed by atoms with Crippen molar-refractivity contribution in [2.24, 2.45) is 0 Å². The van der Waals surface area contributed by atoms with Gasteiger partial charge in [-0.2, -0.15) is 5.10 Å². The monoisotopic (exact) mass is 437 g/mol. The summed E-state index contributed by atoms with van der Waals surface area (Å²) in [6.45, 7) is 0.968. The minimum Gasteiger partial charge on any atom is -0.369 e. The van der Waals surface area contributed by atoms with Crippen LogP contribution in [0.15, 0.2) is 66.7 Å². The van der Waals surface area contributed by atoms with Crippen LogP contribution in [0.25, 0.3) is 27.7 Å². The number of anilines is 1. The van der Waals surface area contributed by atoms with Crippen LogP contribution in [0.4, 0.5) is 5.82 Å². The van der Waals surface area contributed by atoms with Gasteiger partial charge < -0.3 is 5.32 Å². The maximum Gasteiger partial charge on any atom is 0.133 e. The fourth-order valence-corrected chi connectivity index (χ4v) is 3.95. The molecule has 0 bridgehead atoms. The van der Waals surface area contributed by atoms with Gasteiger partial charge in [-0.1, -0.05) is 42.5 Å². The third kappa shape index (κ3) is 2.43. The molecule has 0 unspecified atom stereocenters. The van der Waals surface area contributed by atoms with Gasteiger partial charge in [0.1, 0.15) is 5.82 Å². The molecular formula is C21H16IN3. The molecule has 25 heavy (non-hydrogen) atoms. The second-order valence-electron chi connectivity index (χ2n) is 6.27. The predicted molar refractivity (Wildman–Crippen MR) is 111 cm³/mol. The molecule has 0 aliphatic carbocycles. The molecule has 1 aromatic heterocycles. The maximum absolute atomic E-state index is 5.00. The molecule has 3 aromatic carbocycles. The highest BCUT2D eigenvalue weighted by Crippen LogP contribution is 2.37. The number of halogens is 1. The van der Waals surface area contributed by atoms with E-state index >= 15 is 0 Å². The van der Waals surface area contributed by atoms with Crippen LogP contribution in [0.2, 0.25) is 0 Å². The average molecular weight is 437 g/mol. The third-order valence-electron chi connectivity index (χ3n) is 4.77. The van der Waals surface area contributed by atoms with E-state index in [2.05, 4.69) is 99.3 Å². The van der Waals surface area contributed by atoms with Crippen molar-refractivity contribution in [1.82, 2.24) is 9.78 Å². The molecule has 0 atom stereocenters. The number of nitrogens with one attached hydrogen (secondary N) is 1. The topological polar surface area (TPSA) is 29.9 Å². The summed E-state index contributed by atoms with van der Waals surface area (Å²) in [5.74, 6) is 1.13. The lowest BCUT2D eigenvalue weighted by atomic mass is 9.99. The van der Waals surface area contributed by atoms with Crippen LogP contribution >= 0.6 is 22.6 Å². The van der Waals surface area contributed by atoms with Gasteiger partial charge in [-0.25, -0.2) is 4.68 Å². The summed E-state index contributed by atoms with van der Waals surface area (Å²) >= 11 is 2.33. The van der Waals surface area contributed by atoms with Crippen LogP contribution in [0.5, 0.6) is 0 Å². The zero-order chi connectivity index (χ0) is 16.8. The van der Waals surface area contributed by atoms with Crippen LogP contribution in [0.3, 0.4) is 0 Å². The van der Waals surface area contributed by atoms with E-state index in [4.69, 9.17) is 5.10 Å². The summed E-state index contributed by atoms with van der Waals surface area (Å²) in [5, 5.41) is 11.0. The molecule has 4 heteroatoms. The molecule has 3 nitrogen and oxygen atoms in total. The van der Waals surface area contributed by atoms with Gasteiger partial charge in [-0.3, -0.25) is 0 Å². The molecule has 1 aliphatic rings. The lowest BCUT2D eigenvalue weighted by Gasteiger charge is -2.07. The smallest absolute Gasteiger partial charge is 0.133 e. The molecule has 0 saturated heterocycles. The van der Waals surface area contributed by atoms with Crippen LogP contribution in [-0.2, 0) is 6.42 Å². The fourth-order valence-electron chi connectivity index (χ4n) is 3.59. The van der Waals surface area contributed by atoms with Crippen LogP contribution in [0, 0.1) is 3.57 Å². The third-order valence-corrected chi connectivity index (χ3v) is 5.49. The Morgan fingerprint density at radius 2 is 1.72 bits per heavy atom. The first-order valence-corrected chi connectivity index (χ1v) is 9.49. The van der Waals surface area contributed by atoms with E-state index in [0.717, 1.165) is 30.2 Å². The first kappa shape index (κ1) is 15.0. The first-order chi connectivity index (χ1) is 12.3. The van der Waals surface area contributed by atoms with Crippen molar-refractivity contribution in [1.29, 1.82) is 0 Å². The number of nitrogens with zero attached hydrogens (tertiary/aromatic N) is 2. The van der Waals surface area contributed by atoms with Gasteiger partial charge in [-0.15, -0.1) is 0 Å². The van der Waals surface area contributed by atoms with E-state index in [9.17, 15) is 0 Å². The summed E-state index contributed by atoms with van der Waals surface area (Å²) < 4.78 is 3.28. The van der Waals surface area contributed by atoms with E-state index in [1.54, 1.807) is 0 Å². The Kier molecular flexibility index (Phi) is 3.52. The van der Waals surface area contributed by atoms with Gasteiger partial charge in [-0.05, 0) is 64.0 Å². The van der Waals surface area contributed by atoms with Gasteiger partial charge in [0, 0.05) is 21.2 Å². The second-order valence-corrected chi connectivity index (χ2v) is 7.51. The highest BCUT2D eigenvalue weighted by molar-refractivity contribution is 14.1. The van der Waals surface area contributed by atoms with Gasteiger partial charge in [0.05, 0.1) is 11.4 Å². The van der Waals surface area contributed by atoms with Crippen molar-refractivity contribution < 1.29 is 0 Å². The predicted octanol–water partition coefficient (Wildman–Crippen LogP) is 5.27. The summed E-state index contributed by atoms with van der Waals surface area (Å²) in [7, 11) is 0. The van der Waals surface area contributed by atoms with Crippen LogP contribution in [-0.4, -0.2) is 16.3 Å². The van der Waals surface area contributed by atoms with E-state index in [-0.39, 0.29) is 0 Å². The quantitative estimate of drug-likeness (QED) is 0.434. The van der Waals surface area contributed by atoms with E-state index in [0.29, 0.717) is 0 Å². The number of aromatic nitrogens is 2. The number of benzene rings is 3.